The van der Waals surface area contributed by atoms with Crippen molar-refractivity contribution in [2.24, 2.45) is 0 Å². The molecule has 7 nitrogen and oxygen atoms in total. The van der Waals surface area contributed by atoms with E-state index in [0.717, 1.165) is 16.9 Å². The topological polar surface area (TPSA) is 93.7 Å². The van der Waals surface area contributed by atoms with E-state index in [4.69, 9.17) is 9.47 Å². The van der Waals surface area contributed by atoms with Crippen LogP contribution in [0, 0.1) is 6.92 Å². The first-order valence-corrected chi connectivity index (χ1v) is 11.3. The van der Waals surface area contributed by atoms with Crippen LogP contribution in [0.25, 0.3) is 0 Å². The lowest BCUT2D eigenvalue weighted by Crippen LogP contribution is -2.15. The summed E-state index contributed by atoms with van der Waals surface area (Å²) >= 11 is 1.05. The fourth-order valence-corrected chi connectivity index (χ4v) is 4.39. The van der Waals surface area contributed by atoms with E-state index in [0.29, 0.717) is 33.3 Å². The maximum Gasteiger partial charge on any atom is 0.341 e. The number of nitrogens with one attached hydrogen (secondary N) is 2. The second kappa shape index (κ2) is 11.3. The second-order valence-electron chi connectivity index (χ2n) is 7.17. The van der Waals surface area contributed by atoms with Crippen molar-refractivity contribution in [2.75, 3.05) is 24.4 Å². The summed E-state index contributed by atoms with van der Waals surface area (Å²) in [5, 5.41) is 5.91. The third-order valence-corrected chi connectivity index (χ3v) is 6.13. The van der Waals surface area contributed by atoms with Crippen LogP contribution < -0.4 is 15.4 Å². The number of hydrogen-bond donors (Lipinski definition) is 2. The summed E-state index contributed by atoms with van der Waals surface area (Å²) in [7, 11) is 1.52. The fourth-order valence-electron chi connectivity index (χ4n) is 3.29. The molecule has 0 spiro atoms. The van der Waals surface area contributed by atoms with E-state index in [1.165, 1.54) is 7.11 Å². The summed E-state index contributed by atoms with van der Waals surface area (Å²) in [5.74, 6) is -0.722. The molecule has 0 aliphatic rings. The highest BCUT2D eigenvalue weighted by molar-refractivity contribution is 7.18. The van der Waals surface area contributed by atoms with Crippen LogP contribution in [0.3, 0.4) is 0 Å². The molecule has 0 saturated carbocycles. The summed E-state index contributed by atoms with van der Waals surface area (Å²) in [6.07, 6.45) is 0.804. The van der Waals surface area contributed by atoms with Gasteiger partial charge in [0.2, 0.25) is 5.91 Å². The van der Waals surface area contributed by atoms with Gasteiger partial charge in [-0.15, -0.1) is 11.3 Å². The number of thiophene rings is 1. The predicted molar refractivity (Wildman–Crippen MR) is 129 cm³/mol. The molecule has 3 aromatic rings. The lowest BCUT2D eigenvalue weighted by atomic mass is 10.1. The minimum Gasteiger partial charge on any atom is -0.495 e. The standard InChI is InChI=1S/C25H26N2O5S/c1-4-32-25(30)21-16(2)22(23(29)26-18-12-8-9-13-19(18)31-3)33-24(21)27-20(28)15-14-17-10-6-5-7-11-17/h5-13H,4,14-15H2,1-3H3,(H,26,29)(H,27,28). The van der Waals surface area contributed by atoms with Gasteiger partial charge in [-0.2, -0.15) is 0 Å². The molecule has 0 bridgehead atoms. The number of carbonyl (C=O) groups excluding carboxylic acids is 3. The van der Waals surface area contributed by atoms with E-state index >= 15 is 0 Å². The second-order valence-corrected chi connectivity index (χ2v) is 8.19. The van der Waals surface area contributed by atoms with Gasteiger partial charge < -0.3 is 20.1 Å². The molecular weight excluding hydrogens is 440 g/mol. The molecule has 2 amide bonds. The highest BCUT2D eigenvalue weighted by Gasteiger charge is 2.27. The van der Waals surface area contributed by atoms with Gasteiger partial charge in [0.25, 0.3) is 5.91 Å². The molecule has 0 aliphatic carbocycles. The van der Waals surface area contributed by atoms with E-state index in [1.807, 2.05) is 30.3 Å². The van der Waals surface area contributed by atoms with Gasteiger partial charge in [0.05, 0.1) is 29.8 Å². The largest absolute Gasteiger partial charge is 0.495 e. The van der Waals surface area contributed by atoms with Gasteiger partial charge in [-0.3, -0.25) is 9.59 Å². The van der Waals surface area contributed by atoms with E-state index in [-0.39, 0.29) is 24.5 Å². The molecule has 0 unspecified atom stereocenters. The third kappa shape index (κ3) is 5.98. The van der Waals surface area contributed by atoms with Crippen molar-refractivity contribution >= 4 is 39.8 Å². The van der Waals surface area contributed by atoms with Crippen LogP contribution in [-0.4, -0.2) is 31.5 Å². The number of carbonyl (C=O) groups is 3. The zero-order chi connectivity index (χ0) is 23.8. The maximum atomic E-state index is 13.0. The van der Waals surface area contributed by atoms with E-state index in [2.05, 4.69) is 10.6 Å². The maximum absolute atomic E-state index is 13.0. The molecule has 1 aromatic heterocycles. The molecule has 0 atom stereocenters. The number of esters is 1. The monoisotopic (exact) mass is 466 g/mol. The van der Waals surface area contributed by atoms with Crippen LogP contribution in [-0.2, 0) is 16.0 Å². The van der Waals surface area contributed by atoms with Gasteiger partial charge in [0.15, 0.2) is 0 Å². The predicted octanol–water partition coefficient (Wildman–Crippen LogP) is 5.07. The fraction of sp³-hybridized carbons (Fsp3) is 0.240. The summed E-state index contributed by atoms with van der Waals surface area (Å²) in [6.45, 7) is 3.55. The molecule has 2 N–H and O–H groups in total. The minimum atomic E-state index is -0.582. The van der Waals surface area contributed by atoms with Gasteiger partial charge in [-0.25, -0.2) is 4.79 Å². The Morgan fingerprint density at radius 1 is 0.970 bits per heavy atom. The molecule has 0 radical (unpaired) electrons. The van der Waals surface area contributed by atoms with Crippen molar-refractivity contribution in [3.63, 3.8) is 0 Å². The molecule has 8 heteroatoms. The Hall–Kier alpha value is -3.65. The van der Waals surface area contributed by atoms with Gasteiger partial charge in [0.1, 0.15) is 10.8 Å². The van der Waals surface area contributed by atoms with Crippen LogP contribution in [0.15, 0.2) is 54.6 Å². The molecular formula is C25H26N2O5S. The average Bonchev–Trinajstić information content (AvgIpc) is 3.14. The molecule has 1 heterocycles. The molecule has 0 saturated heterocycles. The zero-order valence-corrected chi connectivity index (χ0v) is 19.6. The van der Waals surface area contributed by atoms with Gasteiger partial charge in [-0.1, -0.05) is 42.5 Å². The highest BCUT2D eigenvalue weighted by Crippen LogP contribution is 2.35. The SMILES string of the molecule is CCOC(=O)c1c(NC(=O)CCc2ccccc2)sc(C(=O)Nc2ccccc2OC)c1C. The Kier molecular flexibility index (Phi) is 8.21. The first kappa shape index (κ1) is 24.0. The molecule has 2 aromatic carbocycles. The van der Waals surface area contributed by atoms with Gasteiger partial charge in [0, 0.05) is 6.42 Å². The number of para-hydroxylation sites is 2. The molecule has 0 aliphatic heterocycles. The van der Waals surface area contributed by atoms with Gasteiger partial charge in [-0.05, 0) is 43.5 Å². The summed E-state index contributed by atoms with van der Waals surface area (Å²) in [5.41, 5.74) is 2.19. The van der Waals surface area contributed by atoms with Crippen molar-refractivity contribution in [3.8, 4) is 5.75 Å². The van der Waals surface area contributed by atoms with E-state index in [1.54, 1.807) is 38.1 Å². The summed E-state index contributed by atoms with van der Waals surface area (Å²) < 4.78 is 10.5. The zero-order valence-electron chi connectivity index (χ0n) is 18.8. The van der Waals surface area contributed by atoms with E-state index in [9.17, 15) is 14.4 Å². The minimum absolute atomic E-state index is 0.179. The lowest BCUT2D eigenvalue weighted by Gasteiger charge is -2.09. The number of anilines is 2. The Morgan fingerprint density at radius 3 is 2.36 bits per heavy atom. The first-order valence-electron chi connectivity index (χ1n) is 10.5. The van der Waals surface area contributed by atoms with Gasteiger partial charge >= 0.3 is 5.97 Å². The quantitative estimate of drug-likeness (QED) is 0.430. The number of amides is 2. The Morgan fingerprint density at radius 2 is 1.67 bits per heavy atom. The molecule has 3 rings (SSSR count). The summed E-state index contributed by atoms with van der Waals surface area (Å²) in [4.78, 5) is 38.6. The number of aryl methyl sites for hydroxylation is 1. The number of methoxy groups -OCH3 is 1. The van der Waals surface area contributed by atoms with Crippen LogP contribution in [0.5, 0.6) is 5.75 Å². The molecule has 33 heavy (non-hydrogen) atoms. The first-order chi connectivity index (χ1) is 15.9. The number of hydrogen-bond acceptors (Lipinski definition) is 6. The number of ether oxygens (including phenoxy) is 2. The lowest BCUT2D eigenvalue weighted by molar-refractivity contribution is -0.116. The number of rotatable bonds is 9. The van der Waals surface area contributed by atoms with Crippen molar-refractivity contribution in [2.45, 2.75) is 26.7 Å². The molecule has 172 valence electrons. The smallest absolute Gasteiger partial charge is 0.341 e. The Labute approximate surface area is 196 Å². The Bertz CT molecular complexity index is 1140. The van der Waals surface area contributed by atoms with Crippen molar-refractivity contribution in [1.29, 1.82) is 0 Å². The van der Waals surface area contributed by atoms with E-state index < -0.39 is 11.9 Å². The number of benzene rings is 2. The van der Waals surface area contributed by atoms with Crippen molar-refractivity contribution in [1.82, 2.24) is 0 Å². The normalized spacial score (nSPS) is 10.4. The van der Waals surface area contributed by atoms with Crippen LogP contribution >= 0.6 is 11.3 Å². The van der Waals surface area contributed by atoms with Crippen molar-refractivity contribution < 1.29 is 23.9 Å². The highest BCUT2D eigenvalue weighted by atomic mass is 32.1. The average molecular weight is 467 g/mol. The third-order valence-electron chi connectivity index (χ3n) is 4.92. The van der Waals surface area contributed by atoms with Crippen molar-refractivity contribution in [3.05, 3.63) is 76.2 Å². The molecule has 0 fully saturated rings. The van der Waals surface area contributed by atoms with Crippen LogP contribution in [0.4, 0.5) is 10.7 Å². The summed E-state index contributed by atoms with van der Waals surface area (Å²) in [6, 6.07) is 16.7. The van der Waals surface area contributed by atoms with Crippen LogP contribution in [0.1, 0.15) is 44.5 Å². The van der Waals surface area contributed by atoms with Crippen LogP contribution in [0.2, 0.25) is 0 Å². The Balaban J connectivity index is 1.83.